The molecule has 147 heavy (non-hydrogen) atoms. The summed E-state index contributed by atoms with van der Waals surface area (Å²) >= 11 is 0. The van der Waals surface area contributed by atoms with Crippen molar-refractivity contribution < 1.29 is 0 Å². The zero-order valence-corrected chi connectivity index (χ0v) is 79.8. The number of aromatic nitrogens is 11. The molecule has 25 aromatic rings. The molecule has 11 nitrogen and oxygen atoms in total. The minimum absolute atomic E-state index is 0.214. The molecule has 0 spiro atoms. The van der Waals surface area contributed by atoms with Crippen LogP contribution in [0.5, 0.6) is 0 Å². The van der Waals surface area contributed by atoms with E-state index < -0.39 is 0 Å². The highest BCUT2D eigenvalue weighted by atomic mass is 15.1. The molecule has 3 aliphatic carbocycles. The molecule has 17 aromatic carbocycles. The third-order valence-electron chi connectivity index (χ3n) is 28.4. The van der Waals surface area contributed by atoms with Crippen molar-refractivity contribution in [1.29, 1.82) is 0 Å². The molecule has 0 radical (unpaired) electrons. The first kappa shape index (κ1) is 87.6. The Morgan fingerprint density at radius 3 is 1.18 bits per heavy atom. The summed E-state index contributed by atoms with van der Waals surface area (Å²) in [6, 6.07) is 165. The monoisotopic (exact) mass is 1880 g/mol. The van der Waals surface area contributed by atoms with Crippen LogP contribution in [0.2, 0.25) is 0 Å². The molecule has 0 saturated heterocycles. The van der Waals surface area contributed by atoms with Crippen molar-refractivity contribution in [1.82, 2.24) is 54.4 Å². The first-order valence-electron chi connectivity index (χ1n) is 49.7. The van der Waals surface area contributed by atoms with E-state index in [1.807, 2.05) is 128 Å². The third-order valence-corrected chi connectivity index (χ3v) is 28.4. The van der Waals surface area contributed by atoms with Crippen LogP contribution in [0, 0.1) is 11.8 Å². The van der Waals surface area contributed by atoms with E-state index in [2.05, 4.69) is 402 Å². The fraction of sp³-hybridized carbons (Fsp3) is 0.0147. The molecular weight excluding hydrogens is 1790 g/mol. The van der Waals surface area contributed by atoms with Crippen LogP contribution in [-0.4, -0.2) is 54.4 Å². The van der Waals surface area contributed by atoms with Crippen LogP contribution in [0.4, 0.5) is 0 Å². The van der Waals surface area contributed by atoms with Gasteiger partial charge in [0.05, 0.1) is 45.2 Å². The lowest BCUT2D eigenvalue weighted by molar-refractivity contribution is 0.699. The number of imidazole rings is 1. The fourth-order valence-corrected chi connectivity index (χ4v) is 21.6. The molecule has 0 amide bonds. The Bertz CT molecular complexity index is 9330. The van der Waals surface area contributed by atoms with Gasteiger partial charge in [-0.3, -0.25) is 29.5 Å². The molecule has 0 saturated carbocycles. The first-order valence-corrected chi connectivity index (χ1v) is 49.7. The van der Waals surface area contributed by atoms with Crippen LogP contribution >= 0.6 is 0 Å². The predicted molar refractivity (Wildman–Crippen MR) is 604 cm³/mol. The van der Waals surface area contributed by atoms with Crippen molar-refractivity contribution in [3.05, 3.63) is 551 Å². The van der Waals surface area contributed by atoms with Crippen molar-refractivity contribution in [2.75, 3.05) is 0 Å². The van der Waals surface area contributed by atoms with Gasteiger partial charge in [0.25, 0.3) is 0 Å². The average molecular weight is 1880 g/mol. The van der Waals surface area contributed by atoms with Gasteiger partial charge in [0.15, 0.2) is 17.5 Å². The molecule has 0 aliphatic heterocycles. The quantitative estimate of drug-likeness (QED) is 0.0861. The lowest BCUT2D eigenvalue weighted by Gasteiger charge is -2.37. The van der Waals surface area contributed by atoms with Gasteiger partial charge in [0, 0.05) is 93.6 Å². The van der Waals surface area contributed by atoms with Crippen LogP contribution in [0.3, 0.4) is 0 Å². The van der Waals surface area contributed by atoms with Crippen molar-refractivity contribution in [2.45, 2.75) is 0 Å². The minimum Gasteiger partial charge on any atom is -0.292 e. The smallest absolute Gasteiger partial charge is 0.164 e. The van der Waals surface area contributed by atoms with Crippen molar-refractivity contribution in [3.8, 4) is 152 Å². The topological polar surface area (TPSA) is 134 Å². The van der Waals surface area contributed by atoms with Gasteiger partial charge in [-0.05, 0) is 270 Å². The number of benzene rings is 17. The van der Waals surface area contributed by atoms with Crippen LogP contribution in [0.25, 0.3) is 239 Å². The summed E-state index contributed by atoms with van der Waals surface area (Å²) in [7, 11) is 0. The Balaban J connectivity index is 0.000000113. The molecule has 8 heterocycles. The zero-order chi connectivity index (χ0) is 97.5. The van der Waals surface area contributed by atoms with Gasteiger partial charge in [0.1, 0.15) is 5.82 Å². The Labute approximate surface area is 850 Å². The van der Waals surface area contributed by atoms with E-state index in [9.17, 15) is 0 Å². The van der Waals surface area contributed by atoms with E-state index in [0.717, 1.165) is 123 Å². The summed E-state index contributed by atoms with van der Waals surface area (Å²) in [5.41, 5.74) is 36.2. The number of hydrogen-bond donors (Lipinski definition) is 0. The van der Waals surface area contributed by atoms with Gasteiger partial charge in [-0.15, -0.1) is 0 Å². The van der Waals surface area contributed by atoms with Gasteiger partial charge >= 0.3 is 0 Å². The van der Waals surface area contributed by atoms with Crippen molar-refractivity contribution in [3.63, 3.8) is 0 Å². The molecule has 0 bridgehead atoms. The standard InChI is InChI=1S/C53H34N2.C47H31N3.C36H24N6/c1-2-16-44(17-3-1)55-50-21-11-10-20-49(50)54-53(55)38-26-22-37(23-27-38)41-30-31-47-48(34-41)52(43-29-25-36-13-5-7-15-40(36)33-43)46-19-9-8-18-45(46)51(47)42-28-24-35-12-4-6-14-39(35)32-42;1-5-16-30(17-6-1)40-34-24-13-14-25-35(34)41(31-18-7-2-8-19-31)44-39-29-28-37(36-26-15-27-38(42(36)39)43(40)44)47-49-45(32-20-9-3-10-21-32)48-46(50-47)33-22-11-4-12-23-33;1-3-17-38-31(8-1)33-14-12-26(23-40-33)29-19-28(25-7-6-16-37-22-25)20-30(21-29)27-13-15-34(41-24-27)36-11-5-10-35(42-36)32-9-2-4-18-39-32/h1-34H;1-29,34-35H;1-24H. The summed E-state index contributed by atoms with van der Waals surface area (Å²) in [6.45, 7) is 0. The molecule has 0 fully saturated rings. The fourth-order valence-electron chi connectivity index (χ4n) is 21.6. The van der Waals surface area contributed by atoms with E-state index >= 15 is 0 Å². The molecular formula is C136H89N11. The largest absolute Gasteiger partial charge is 0.292 e. The maximum absolute atomic E-state index is 5.14. The van der Waals surface area contributed by atoms with E-state index in [0.29, 0.717) is 17.5 Å². The summed E-state index contributed by atoms with van der Waals surface area (Å²) < 4.78 is 2.26. The first-order chi connectivity index (χ1) is 72.9. The highest BCUT2D eigenvalue weighted by Crippen LogP contribution is 2.61. The van der Waals surface area contributed by atoms with Gasteiger partial charge < -0.3 is 0 Å². The molecule has 2 unspecified atom stereocenters. The second-order valence-electron chi connectivity index (χ2n) is 37.2. The predicted octanol–water partition coefficient (Wildman–Crippen LogP) is 33.6. The average Bonchev–Trinajstić information content (AvgIpc) is 1.54. The summed E-state index contributed by atoms with van der Waals surface area (Å²) in [6.07, 6.45) is 20.3. The number of rotatable bonds is 16. The van der Waals surface area contributed by atoms with Gasteiger partial charge in [-0.25, -0.2) is 24.9 Å². The number of fused-ring (bicyclic) bond motifs is 9. The van der Waals surface area contributed by atoms with E-state index in [1.165, 1.54) is 121 Å². The summed E-state index contributed by atoms with van der Waals surface area (Å²) in [4.78, 5) is 47.9. The van der Waals surface area contributed by atoms with Gasteiger partial charge in [-0.2, -0.15) is 0 Å². The molecule has 688 valence electrons. The van der Waals surface area contributed by atoms with Gasteiger partial charge in [0.2, 0.25) is 0 Å². The summed E-state index contributed by atoms with van der Waals surface area (Å²) in [5, 5.41) is 12.4. The van der Waals surface area contributed by atoms with Crippen LogP contribution < -0.4 is 0 Å². The Kier molecular flexibility index (Phi) is 22.9. The number of allylic oxidation sites excluding steroid dienone is 8. The zero-order valence-electron chi connectivity index (χ0n) is 79.8. The third kappa shape index (κ3) is 16.8. The number of nitrogens with zero attached hydrogens (tertiary/aromatic N) is 11. The maximum Gasteiger partial charge on any atom is 0.164 e. The normalized spacial score (nSPS) is 13.3. The molecule has 28 rings (SSSR count). The molecule has 2 atom stereocenters. The minimum atomic E-state index is 0.214. The van der Waals surface area contributed by atoms with Crippen LogP contribution in [0.15, 0.2) is 529 Å². The highest BCUT2D eigenvalue weighted by molar-refractivity contribution is 6.35. The van der Waals surface area contributed by atoms with Crippen molar-refractivity contribution >= 4 is 87.2 Å². The Morgan fingerprint density at radius 1 is 0.211 bits per heavy atom. The molecule has 11 heteroatoms. The number of hydrogen-bond acceptors (Lipinski definition) is 10. The SMILES string of the molecule is C1=CC2C(c3ccccc3)=C3C(=C(c4ccccc4)C2C=C1)c1ccc(-c2nc(-c4ccccc4)nc(-c4ccccc4)n2)c2cccc3c12.c1ccc(-c2ccc(-c3cc(-c4cccnc4)cc(-c4ccc(-c5cccc(-c6ccccn6)n5)nc4)c3)cn2)nc1.c1ccc(-n2c(-c3ccc(-c4ccc5c(-c6ccc7ccccc7c6)c6ccccc6c(-c6ccc7ccccc7c6)c5c4)cc3)nc3ccccc32)cc1. The van der Waals surface area contributed by atoms with E-state index in [1.54, 1.807) is 18.6 Å². The Hall–Kier alpha value is -19.6. The lowest BCUT2D eigenvalue weighted by atomic mass is 9.66. The number of para-hydroxylation sites is 3. The van der Waals surface area contributed by atoms with Gasteiger partial charge in [-0.1, -0.05) is 370 Å². The van der Waals surface area contributed by atoms with Crippen molar-refractivity contribution in [2.24, 2.45) is 11.8 Å². The molecule has 3 aliphatic rings. The molecule has 8 aromatic heterocycles. The maximum atomic E-state index is 5.14. The van der Waals surface area contributed by atoms with Crippen LogP contribution in [0.1, 0.15) is 22.3 Å². The lowest BCUT2D eigenvalue weighted by Crippen LogP contribution is -2.22. The number of pyridine rings is 6. The summed E-state index contributed by atoms with van der Waals surface area (Å²) in [5.74, 6) is 3.36. The van der Waals surface area contributed by atoms with Crippen LogP contribution in [-0.2, 0) is 0 Å². The highest BCUT2D eigenvalue weighted by Gasteiger charge is 2.42. The Morgan fingerprint density at radius 2 is 0.633 bits per heavy atom. The van der Waals surface area contributed by atoms with E-state index in [-0.39, 0.29) is 11.8 Å². The second kappa shape index (κ2) is 38.4. The second-order valence-corrected chi connectivity index (χ2v) is 37.2. The van der Waals surface area contributed by atoms with E-state index in [4.69, 9.17) is 34.9 Å². The molecule has 0 N–H and O–H groups in total.